The molecule has 0 aliphatic carbocycles. The molecule has 2 N–H and O–H groups in total. The van der Waals surface area contributed by atoms with Crippen molar-refractivity contribution in [2.75, 3.05) is 18.9 Å². The van der Waals surface area contributed by atoms with Crippen LogP contribution < -0.4 is 5.32 Å². The van der Waals surface area contributed by atoms with Gasteiger partial charge >= 0.3 is 0 Å². The number of aliphatic hydroxyl groups is 1. The maximum atomic E-state index is 9.54. The minimum Gasteiger partial charge on any atom is -0.394 e. The number of hydrogen-bond donors (Lipinski definition) is 2. The second kappa shape index (κ2) is 8.13. The standard InChI is InChI=1S/C16H24N2OS2/c1-3-10-17-16(2,12-19)9-6-11-20-15-18-13-7-4-5-8-14(13)21-15/h4-5,7-8,17,19H,3,6,9-12H2,1-2H3. The first-order valence-corrected chi connectivity index (χ1v) is 9.31. The normalized spacial score (nSPS) is 14.4. The van der Waals surface area contributed by atoms with Gasteiger partial charge in [0.15, 0.2) is 4.34 Å². The van der Waals surface area contributed by atoms with Gasteiger partial charge in [0.25, 0.3) is 0 Å². The summed E-state index contributed by atoms with van der Waals surface area (Å²) in [5, 5.41) is 13.0. The third kappa shape index (κ3) is 4.95. The fourth-order valence-electron chi connectivity index (χ4n) is 2.18. The van der Waals surface area contributed by atoms with Crippen LogP contribution in [0.25, 0.3) is 10.2 Å². The van der Waals surface area contributed by atoms with Crippen molar-refractivity contribution in [1.82, 2.24) is 10.3 Å². The van der Waals surface area contributed by atoms with Gasteiger partial charge in [-0.05, 0) is 44.9 Å². The van der Waals surface area contributed by atoms with Crippen LogP contribution in [0.2, 0.25) is 0 Å². The Bertz CT molecular complexity index is 525. The molecule has 21 heavy (non-hydrogen) atoms. The SMILES string of the molecule is CCCNC(C)(CO)CCCSc1nc2ccccc2s1. The summed E-state index contributed by atoms with van der Waals surface area (Å²) in [6.45, 7) is 5.40. The van der Waals surface area contributed by atoms with E-state index in [4.69, 9.17) is 0 Å². The number of benzene rings is 1. The lowest BCUT2D eigenvalue weighted by Gasteiger charge is -2.28. The number of aliphatic hydroxyl groups excluding tert-OH is 1. The molecule has 1 aromatic heterocycles. The van der Waals surface area contributed by atoms with E-state index in [1.807, 2.05) is 17.8 Å². The Morgan fingerprint density at radius 3 is 2.90 bits per heavy atom. The van der Waals surface area contributed by atoms with Gasteiger partial charge in [0.1, 0.15) is 0 Å². The molecule has 0 saturated carbocycles. The van der Waals surface area contributed by atoms with E-state index in [2.05, 4.69) is 42.3 Å². The van der Waals surface area contributed by atoms with E-state index < -0.39 is 0 Å². The molecule has 1 aromatic carbocycles. The zero-order chi connectivity index (χ0) is 15.1. The number of rotatable bonds is 9. The molecule has 116 valence electrons. The lowest BCUT2D eigenvalue weighted by atomic mass is 9.97. The Labute approximate surface area is 135 Å². The van der Waals surface area contributed by atoms with Gasteiger partial charge in [0.05, 0.1) is 16.8 Å². The Hall–Kier alpha value is -0.620. The molecule has 0 aliphatic heterocycles. The lowest BCUT2D eigenvalue weighted by molar-refractivity contribution is 0.165. The highest BCUT2D eigenvalue weighted by Gasteiger charge is 2.21. The van der Waals surface area contributed by atoms with Gasteiger partial charge in [-0.25, -0.2) is 4.98 Å². The van der Waals surface area contributed by atoms with Crippen molar-refractivity contribution >= 4 is 33.3 Å². The van der Waals surface area contributed by atoms with Crippen LogP contribution in [-0.4, -0.2) is 34.5 Å². The van der Waals surface area contributed by atoms with Gasteiger partial charge in [-0.1, -0.05) is 30.8 Å². The summed E-state index contributed by atoms with van der Waals surface area (Å²) in [6, 6.07) is 8.27. The predicted octanol–water partition coefficient (Wildman–Crippen LogP) is 3.92. The molecule has 0 saturated heterocycles. The van der Waals surface area contributed by atoms with Gasteiger partial charge in [0.2, 0.25) is 0 Å². The molecule has 2 rings (SSSR count). The van der Waals surface area contributed by atoms with Crippen molar-refractivity contribution in [3.05, 3.63) is 24.3 Å². The molecule has 1 unspecified atom stereocenters. The summed E-state index contributed by atoms with van der Waals surface area (Å²) in [7, 11) is 0. The van der Waals surface area contributed by atoms with E-state index in [-0.39, 0.29) is 12.1 Å². The van der Waals surface area contributed by atoms with E-state index in [1.165, 1.54) is 4.70 Å². The molecule has 0 fully saturated rings. The maximum Gasteiger partial charge on any atom is 0.151 e. The average Bonchev–Trinajstić information content (AvgIpc) is 2.92. The first kappa shape index (κ1) is 16.7. The van der Waals surface area contributed by atoms with Crippen LogP contribution in [0.5, 0.6) is 0 Å². The largest absolute Gasteiger partial charge is 0.394 e. The van der Waals surface area contributed by atoms with Crippen molar-refractivity contribution in [1.29, 1.82) is 0 Å². The summed E-state index contributed by atoms with van der Waals surface area (Å²) >= 11 is 3.58. The van der Waals surface area contributed by atoms with Crippen LogP contribution in [-0.2, 0) is 0 Å². The molecular weight excluding hydrogens is 300 g/mol. The van der Waals surface area contributed by atoms with Gasteiger partial charge in [-0.3, -0.25) is 0 Å². The molecule has 0 spiro atoms. The number of aromatic nitrogens is 1. The molecule has 5 heteroatoms. The Morgan fingerprint density at radius 1 is 1.38 bits per heavy atom. The van der Waals surface area contributed by atoms with E-state index in [0.29, 0.717) is 0 Å². The zero-order valence-corrected chi connectivity index (χ0v) is 14.4. The van der Waals surface area contributed by atoms with Gasteiger partial charge < -0.3 is 10.4 Å². The van der Waals surface area contributed by atoms with E-state index in [9.17, 15) is 5.11 Å². The predicted molar refractivity (Wildman–Crippen MR) is 93.4 cm³/mol. The summed E-state index contributed by atoms with van der Waals surface area (Å²) < 4.78 is 2.40. The maximum absolute atomic E-state index is 9.54. The molecule has 1 heterocycles. The lowest BCUT2D eigenvalue weighted by Crippen LogP contribution is -2.46. The zero-order valence-electron chi connectivity index (χ0n) is 12.8. The first-order chi connectivity index (χ1) is 10.2. The third-order valence-electron chi connectivity index (χ3n) is 3.52. The third-order valence-corrected chi connectivity index (χ3v) is 5.79. The smallest absolute Gasteiger partial charge is 0.151 e. The van der Waals surface area contributed by atoms with Crippen LogP contribution in [0.3, 0.4) is 0 Å². The molecule has 0 bridgehead atoms. The molecule has 0 aliphatic rings. The van der Waals surface area contributed by atoms with Crippen molar-refractivity contribution in [3.8, 4) is 0 Å². The number of thiazole rings is 1. The Morgan fingerprint density at radius 2 is 2.19 bits per heavy atom. The van der Waals surface area contributed by atoms with E-state index in [0.717, 1.165) is 41.4 Å². The topological polar surface area (TPSA) is 45.1 Å². The van der Waals surface area contributed by atoms with Gasteiger partial charge in [0, 0.05) is 11.3 Å². The highest BCUT2D eigenvalue weighted by atomic mass is 32.2. The fraction of sp³-hybridized carbons (Fsp3) is 0.562. The summed E-state index contributed by atoms with van der Waals surface area (Å²) in [6.07, 6.45) is 3.16. The van der Waals surface area contributed by atoms with Crippen LogP contribution in [0.15, 0.2) is 28.6 Å². The number of nitrogens with one attached hydrogen (secondary N) is 1. The Balaban J connectivity index is 1.78. The molecule has 0 radical (unpaired) electrons. The summed E-state index contributed by atoms with van der Waals surface area (Å²) in [5.74, 6) is 1.04. The van der Waals surface area contributed by atoms with E-state index >= 15 is 0 Å². The van der Waals surface area contributed by atoms with Crippen LogP contribution in [0.1, 0.15) is 33.1 Å². The first-order valence-electron chi connectivity index (χ1n) is 7.51. The number of thioether (sulfide) groups is 1. The van der Waals surface area contributed by atoms with E-state index in [1.54, 1.807) is 11.3 Å². The van der Waals surface area contributed by atoms with Crippen molar-refractivity contribution in [2.45, 2.75) is 43.0 Å². The number of hydrogen-bond acceptors (Lipinski definition) is 5. The quantitative estimate of drug-likeness (QED) is 0.542. The number of fused-ring (bicyclic) bond motifs is 1. The second-order valence-corrected chi connectivity index (χ2v) is 7.92. The van der Waals surface area contributed by atoms with Crippen LogP contribution in [0, 0.1) is 0 Å². The molecular formula is C16H24N2OS2. The number of para-hydroxylation sites is 1. The minimum absolute atomic E-state index is 0.149. The summed E-state index contributed by atoms with van der Waals surface area (Å²) in [4.78, 5) is 4.63. The highest BCUT2D eigenvalue weighted by molar-refractivity contribution is 8.01. The monoisotopic (exact) mass is 324 g/mol. The van der Waals surface area contributed by atoms with Crippen molar-refractivity contribution < 1.29 is 5.11 Å². The Kier molecular flexibility index (Phi) is 6.48. The average molecular weight is 325 g/mol. The van der Waals surface area contributed by atoms with Crippen LogP contribution in [0.4, 0.5) is 0 Å². The van der Waals surface area contributed by atoms with Crippen LogP contribution >= 0.6 is 23.1 Å². The van der Waals surface area contributed by atoms with Gasteiger partial charge in [-0.2, -0.15) is 0 Å². The second-order valence-electron chi connectivity index (χ2n) is 5.55. The fourth-order valence-corrected chi connectivity index (χ4v) is 4.26. The van der Waals surface area contributed by atoms with Crippen molar-refractivity contribution in [2.24, 2.45) is 0 Å². The summed E-state index contributed by atoms with van der Waals surface area (Å²) in [5.41, 5.74) is 0.944. The number of nitrogens with zero attached hydrogens (tertiary/aromatic N) is 1. The van der Waals surface area contributed by atoms with Crippen molar-refractivity contribution in [3.63, 3.8) is 0 Å². The highest BCUT2D eigenvalue weighted by Crippen LogP contribution is 2.30. The molecule has 1 atom stereocenters. The minimum atomic E-state index is -0.149. The molecule has 2 aromatic rings. The van der Waals surface area contributed by atoms with Gasteiger partial charge in [-0.15, -0.1) is 11.3 Å². The molecule has 3 nitrogen and oxygen atoms in total. The molecule has 0 amide bonds.